The number of benzene rings is 1. The van der Waals surface area contributed by atoms with Crippen molar-refractivity contribution in [3.8, 4) is 0 Å². The van der Waals surface area contributed by atoms with E-state index < -0.39 is 0 Å². The second-order valence-electron chi connectivity index (χ2n) is 4.25. The van der Waals surface area contributed by atoms with Crippen LogP contribution in [0.5, 0.6) is 0 Å². The minimum Gasteiger partial charge on any atom is -0.353 e. The van der Waals surface area contributed by atoms with E-state index in [2.05, 4.69) is 9.97 Å². The Morgan fingerprint density at radius 2 is 1.74 bits per heavy atom. The Morgan fingerprint density at radius 1 is 0.895 bits per heavy atom. The summed E-state index contributed by atoms with van der Waals surface area (Å²) in [4.78, 5) is 18.1. The molecule has 3 rings (SSSR count). The van der Waals surface area contributed by atoms with Gasteiger partial charge in [0.25, 0.3) is 0 Å². The molecule has 0 saturated carbocycles. The lowest BCUT2D eigenvalue weighted by atomic mass is 10.2. The second-order valence-corrected chi connectivity index (χ2v) is 4.25. The number of aromatic amines is 1. The number of nitrogens with one attached hydrogen (secondary N) is 1. The molecule has 0 radical (unpaired) electrons. The largest absolute Gasteiger partial charge is 0.353 e. The highest BCUT2D eigenvalue weighted by molar-refractivity contribution is 5.81. The first-order chi connectivity index (χ1) is 9.35. The topological polar surface area (TPSA) is 45.8 Å². The van der Waals surface area contributed by atoms with Gasteiger partial charge in [-0.25, -0.2) is 4.98 Å². The maximum absolute atomic E-state index is 10.6. The molecule has 1 N–H and O–H groups in total. The Kier molecular flexibility index (Phi) is 2.94. The predicted octanol–water partition coefficient (Wildman–Crippen LogP) is 3.55. The molecular formula is C16H12N2O. The Bertz CT molecular complexity index is 756. The van der Waals surface area contributed by atoms with Crippen LogP contribution in [0.1, 0.15) is 21.9 Å². The third kappa shape index (κ3) is 2.45. The van der Waals surface area contributed by atoms with Crippen LogP contribution in [0.2, 0.25) is 0 Å². The van der Waals surface area contributed by atoms with Crippen LogP contribution in [0.25, 0.3) is 23.1 Å². The van der Waals surface area contributed by atoms with Crippen LogP contribution in [0.4, 0.5) is 0 Å². The number of para-hydroxylation sites is 1. The number of carbonyl (C=O) groups excluding carboxylic acids is 1. The van der Waals surface area contributed by atoms with Crippen LogP contribution < -0.4 is 0 Å². The average Bonchev–Trinajstić information content (AvgIpc) is 2.93. The van der Waals surface area contributed by atoms with Crippen LogP contribution in [0.3, 0.4) is 0 Å². The summed E-state index contributed by atoms with van der Waals surface area (Å²) >= 11 is 0. The maximum Gasteiger partial charge on any atom is 0.166 e. The van der Waals surface area contributed by atoms with Crippen LogP contribution in [-0.2, 0) is 0 Å². The summed E-state index contributed by atoms with van der Waals surface area (Å²) < 4.78 is 0. The number of nitrogens with zero attached hydrogens (tertiary/aromatic N) is 1. The van der Waals surface area contributed by atoms with Gasteiger partial charge >= 0.3 is 0 Å². The summed E-state index contributed by atoms with van der Waals surface area (Å²) in [6.45, 7) is 0. The fraction of sp³-hybridized carbons (Fsp3) is 0. The zero-order chi connectivity index (χ0) is 13.1. The van der Waals surface area contributed by atoms with Gasteiger partial charge in [-0.05, 0) is 36.4 Å². The highest BCUT2D eigenvalue weighted by Crippen LogP contribution is 2.13. The van der Waals surface area contributed by atoms with Crippen LogP contribution in [-0.4, -0.2) is 16.3 Å². The lowest BCUT2D eigenvalue weighted by Crippen LogP contribution is -1.82. The Labute approximate surface area is 110 Å². The molecule has 0 spiro atoms. The second kappa shape index (κ2) is 4.90. The number of hydrogen-bond donors (Lipinski definition) is 1. The number of aldehydes is 1. The molecule has 0 aliphatic carbocycles. The number of aromatic nitrogens is 2. The average molecular weight is 248 g/mol. The summed E-state index contributed by atoms with van der Waals surface area (Å²) in [5.74, 6) is 0. The van der Waals surface area contributed by atoms with Crippen molar-refractivity contribution in [1.29, 1.82) is 0 Å². The Morgan fingerprint density at radius 3 is 2.58 bits per heavy atom. The van der Waals surface area contributed by atoms with Crippen LogP contribution >= 0.6 is 0 Å². The Balaban J connectivity index is 1.90. The Hall–Kier alpha value is -2.68. The number of pyridine rings is 1. The molecule has 3 aromatic rings. The molecule has 2 heterocycles. The highest BCUT2D eigenvalue weighted by atomic mass is 16.1. The van der Waals surface area contributed by atoms with Crippen molar-refractivity contribution in [3.05, 3.63) is 65.6 Å². The SMILES string of the molecule is O=Cc1ccc(/C=C/c2ccc3ccccc3n2)[nH]1. The molecule has 1 aromatic carbocycles. The van der Waals surface area contributed by atoms with Crippen molar-refractivity contribution >= 4 is 29.3 Å². The molecule has 0 unspecified atom stereocenters. The fourth-order valence-electron chi connectivity index (χ4n) is 1.95. The van der Waals surface area contributed by atoms with Gasteiger partial charge in [-0.2, -0.15) is 0 Å². The molecule has 0 atom stereocenters. The molecule has 19 heavy (non-hydrogen) atoms. The van der Waals surface area contributed by atoms with Crippen LogP contribution in [0, 0.1) is 0 Å². The molecule has 2 aromatic heterocycles. The van der Waals surface area contributed by atoms with Crippen molar-refractivity contribution in [2.75, 3.05) is 0 Å². The molecule has 0 bridgehead atoms. The number of carbonyl (C=O) groups is 1. The van der Waals surface area contributed by atoms with Crippen molar-refractivity contribution < 1.29 is 4.79 Å². The van der Waals surface area contributed by atoms with Gasteiger partial charge in [-0.15, -0.1) is 0 Å². The van der Waals surface area contributed by atoms with Gasteiger partial charge < -0.3 is 4.98 Å². The number of H-pyrrole nitrogens is 1. The highest BCUT2D eigenvalue weighted by Gasteiger charge is 1.96. The van der Waals surface area contributed by atoms with Crippen molar-refractivity contribution in [2.45, 2.75) is 0 Å². The molecule has 0 saturated heterocycles. The van der Waals surface area contributed by atoms with Gasteiger partial charge in [0.2, 0.25) is 0 Å². The maximum atomic E-state index is 10.6. The molecule has 92 valence electrons. The first-order valence-corrected chi connectivity index (χ1v) is 6.03. The van der Waals surface area contributed by atoms with Gasteiger partial charge in [-0.1, -0.05) is 24.3 Å². The van der Waals surface area contributed by atoms with Gasteiger partial charge in [0.05, 0.1) is 16.9 Å². The van der Waals surface area contributed by atoms with Crippen molar-refractivity contribution in [3.63, 3.8) is 0 Å². The molecule has 3 heteroatoms. The minimum absolute atomic E-state index is 0.575. The van der Waals surface area contributed by atoms with Gasteiger partial charge in [-0.3, -0.25) is 4.79 Å². The fourth-order valence-corrected chi connectivity index (χ4v) is 1.95. The number of rotatable bonds is 3. The summed E-state index contributed by atoms with van der Waals surface area (Å²) in [5.41, 5.74) is 3.33. The summed E-state index contributed by atoms with van der Waals surface area (Å²) in [7, 11) is 0. The zero-order valence-corrected chi connectivity index (χ0v) is 10.2. The quantitative estimate of drug-likeness (QED) is 0.720. The standard InChI is InChI=1S/C16H12N2O/c19-11-15-10-9-13(17-15)7-8-14-6-5-12-3-1-2-4-16(12)18-14/h1-11,17H/b8-7+. The monoisotopic (exact) mass is 248 g/mol. The lowest BCUT2D eigenvalue weighted by molar-refractivity contribution is 0.111. The number of fused-ring (bicyclic) bond motifs is 1. The number of hydrogen-bond acceptors (Lipinski definition) is 2. The zero-order valence-electron chi connectivity index (χ0n) is 10.2. The van der Waals surface area contributed by atoms with E-state index in [1.54, 1.807) is 6.07 Å². The minimum atomic E-state index is 0.575. The molecule has 0 fully saturated rings. The third-order valence-corrected chi connectivity index (χ3v) is 2.91. The third-order valence-electron chi connectivity index (χ3n) is 2.91. The van der Waals surface area contributed by atoms with Gasteiger partial charge in [0, 0.05) is 11.1 Å². The summed E-state index contributed by atoms with van der Waals surface area (Å²) in [6.07, 6.45) is 4.63. The van der Waals surface area contributed by atoms with Crippen LogP contribution in [0.15, 0.2) is 48.5 Å². The lowest BCUT2D eigenvalue weighted by Gasteiger charge is -1.98. The van der Waals surface area contributed by atoms with Crippen molar-refractivity contribution in [2.24, 2.45) is 0 Å². The van der Waals surface area contributed by atoms with E-state index >= 15 is 0 Å². The van der Waals surface area contributed by atoms with E-state index in [0.717, 1.165) is 28.6 Å². The van der Waals surface area contributed by atoms with E-state index in [1.807, 2.05) is 54.6 Å². The first-order valence-electron chi connectivity index (χ1n) is 6.03. The summed E-state index contributed by atoms with van der Waals surface area (Å²) in [6, 6.07) is 15.6. The van der Waals surface area contributed by atoms with E-state index in [1.165, 1.54) is 0 Å². The molecule has 0 amide bonds. The summed E-state index contributed by atoms with van der Waals surface area (Å²) in [5, 5.41) is 1.13. The molecular weight excluding hydrogens is 236 g/mol. The van der Waals surface area contributed by atoms with Crippen molar-refractivity contribution in [1.82, 2.24) is 9.97 Å². The van der Waals surface area contributed by atoms with E-state index in [9.17, 15) is 4.79 Å². The first kappa shape index (κ1) is 11.4. The molecule has 0 aliphatic rings. The molecule has 0 aliphatic heterocycles. The predicted molar refractivity (Wildman–Crippen MR) is 76.9 cm³/mol. The van der Waals surface area contributed by atoms with E-state index in [4.69, 9.17) is 0 Å². The van der Waals surface area contributed by atoms with E-state index in [-0.39, 0.29) is 0 Å². The smallest absolute Gasteiger partial charge is 0.166 e. The van der Waals surface area contributed by atoms with Gasteiger partial charge in [0.15, 0.2) is 6.29 Å². The van der Waals surface area contributed by atoms with Gasteiger partial charge in [0.1, 0.15) is 0 Å². The normalized spacial score (nSPS) is 11.2. The molecule has 3 nitrogen and oxygen atoms in total. The van der Waals surface area contributed by atoms with E-state index in [0.29, 0.717) is 5.69 Å².